The number of halogens is 1. The van der Waals surface area contributed by atoms with Crippen LogP contribution < -0.4 is 14.8 Å². The highest BCUT2D eigenvalue weighted by Gasteiger charge is 2.14. The zero-order chi connectivity index (χ0) is 22.1. The third kappa shape index (κ3) is 7.12. The first-order chi connectivity index (χ1) is 15.1. The van der Waals surface area contributed by atoms with Crippen LogP contribution in [0.3, 0.4) is 0 Å². The monoisotopic (exact) mass is 481 g/mol. The second-order valence-corrected chi connectivity index (χ2v) is 8.71. The maximum absolute atomic E-state index is 6.16. The number of benzene rings is 3. The normalized spacial score (nSPS) is 11.9. The number of hydrogen-bond acceptors (Lipinski definition) is 3. The molecule has 0 saturated heterocycles. The van der Waals surface area contributed by atoms with E-state index in [1.165, 1.54) is 22.3 Å². The van der Waals surface area contributed by atoms with E-state index in [1.807, 2.05) is 19.1 Å². The third-order valence-electron chi connectivity index (χ3n) is 5.37. The summed E-state index contributed by atoms with van der Waals surface area (Å²) in [4.78, 5) is 0. The molecule has 0 heterocycles. The molecule has 0 aromatic heterocycles. The van der Waals surface area contributed by atoms with Crippen molar-refractivity contribution in [3.05, 3.63) is 93.5 Å². The maximum Gasteiger partial charge on any atom is 0.175 e. The molecule has 0 aliphatic heterocycles. The molecule has 3 nitrogen and oxygen atoms in total. The molecule has 0 saturated carbocycles. The Hall–Kier alpha value is -2.30. The van der Waals surface area contributed by atoms with Crippen LogP contribution >= 0.6 is 15.9 Å². The summed E-state index contributed by atoms with van der Waals surface area (Å²) in [6.45, 7) is 8.23. The Morgan fingerprint density at radius 1 is 0.935 bits per heavy atom. The number of rotatable bonds is 11. The molecular formula is C27H32BrNO2. The Morgan fingerprint density at radius 2 is 1.68 bits per heavy atom. The smallest absolute Gasteiger partial charge is 0.175 e. The fourth-order valence-corrected chi connectivity index (χ4v) is 4.07. The first kappa shape index (κ1) is 23.4. The molecule has 3 aromatic carbocycles. The van der Waals surface area contributed by atoms with E-state index in [2.05, 4.69) is 89.7 Å². The summed E-state index contributed by atoms with van der Waals surface area (Å²) >= 11 is 3.70. The molecule has 164 valence electrons. The zero-order valence-electron chi connectivity index (χ0n) is 18.7. The van der Waals surface area contributed by atoms with Gasteiger partial charge in [-0.1, -0.05) is 54.6 Å². The van der Waals surface area contributed by atoms with Gasteiger partial charge in [0.05, 0.1) is 11.1 Å². The van der Waals surface area contributed by atoms with Gasteiger partial charge < -0.3 is 14.8 Å². The van der Waals surface area contributed by atoms with Gasteiger partial charge in [0.2, 0.25) is 0 Å². The number of aryl methyl sites for hydroxylation is 2. The van der Waals surface area contributed by atoms with Gasteiger partial charge in [-0.05, 0) is 83.9 Å². The summed E-state index contributed by atoms with van der Waals surface area (Å²) in [6, 6.07) is 23.5. The van der Waals surface area contributed by atoms with Gasteiger partial charge in [0.25, 0.3) is 0 Å². The molecule has 1 atom stereocenters. The van der Waals surface area contributed by atoms with Crippen LogP contribution in [-0.4, -0.2) is 12.6 Å². The molecule has 0 fully saturated rings. The molecule has 0 aliphatic rings. The van der Waals surface area contributed by atoms with Crippen molar-refractivity contribution >= 4 is 15.9 Å². The van der Waals surface area contributed by atoms with Crippen LogP contribution in [0.15, 0.2) is 71.2 Å². The van der Waals surface area contributed by atoms with Crippen LogP contribution in [0.1, 0.15) is 42.5 Å². The fraction of sp³-hybridized carbons (Fsp3) is 0.333. The van der Waals surface area contributed by atoms with E-state index < -0.39 is 0 Å². The van der Waals surface area contributed by atoms with Crippen molar-refractivity contribution in [2.45, 2.75) is 52.8 Å². The minimum Gasteiger partial charge on any atom is -0.490 e. The molecule has 0 amide bonds. The van der Waals surface area contributed by atoms with E-state index in [4.69, 9.17) is 9.47 Å². The van der Waals surface area contributed by atoms with Gasteiger partial charge in [-0.2, -0.15) is 0 Å². The Morgan fingerprint density at radius 3 is 2.42 bits per heavy atom. The Labute approximate surface area is 194 Å². The van der Waals surface area contributed by atoms with Gasteiger partial charge in [0.15, 0.2) is 11.5 Å². The van der Waals surface area contributed by atoms with Crippen molar-refractivity contribution in [2.75, 3.05) is 6.61 Å². The van der Waals surface area contributed by atoms with E-state index in [0.717, 1.165) is 35.4 Å². The highest BCUT2D eigenvalue weighted by atomic mass is 79.9. The van der Waals surface area contributed by atoms with E-state index in [1.54, 1.807) is 0 Å². The summed E-state index contributed by atoms with van der Waals surface area (Å²) in [5.74, 6) is 1.53. The van der Waals surface area contributed by atoms with Gasteiger partial charge in [-0.15, -0.1) is 0 Å². The molecular weight excluding hydrogens is 450 g/mol. The molecule has 31 heavy (non-hydrogen) atoms. The average Bonchev–Trinajstić information content (AvgIpc) is 2.77. The number of nitrogens with one attached hydrogen (secondary N) is 1. The highest BCUT2D eigenvalue weighted by molar-refractivity contribution is 9.10. The van der Waals surface area contributed by atoms with Crippen molar-refractivity contribution in [1.29, 1.82) is 0 Å². The van der Waals surface area contributed by atoms with Gasteiger partial charge in [0, 0.05) is 12.6 Å². The van der Waals surface area contributed by atoms with Crippen LogP contribution in [0.4, 0.5) is 0 Å². The van der Waals surface area contributed by atoms with E-state index >= 15 is 0 Å². The average molecular weight is 482 g/mol. The van der Waals surface area contributed by atoms with E-state index in [0.29, 0.717) is 19.3 Å². The lowest BCUT2D eigenvalue weighted by molar-refractivity contribution is 0.267. The molecule has 0 bridgehead atoms. The van der Waals surface area contributed by atoms with Crippen molar-refractivity contribution in [3.8, 4) is 11.5 Å². The summed E-state index contributed by atoms with van der Waals surface area (Å²) in [6.07, 6.45) is 2.18. The Balaban J connectivity index is 1.61. The molecule has 0 aliphatic carbocycles. The minimum absolute atomic E-state index is 0.423. The second kappa shape index (κ2) is 11.9. The molecule has 3 aromatic rings. The van der Waals surface area contributed by atoms with Crippen LogP contribution in [0.5, 0.6) is 11.5 Å². The summed E-state index contributed by atoms with van der Waals surface area (Å²) in [5.41, 5.74) is 4.95. The lowest BCUT2D eigenvalue weighted by atomic mass is 10.1. The van der Waals surface area contributed by atoms with Crippen LogP contribution in [0.2, 0.25) is 0 Å². The molecule has 4 heteroatoms. The molecule has 1 unspecified atom stereocenters. The van der Waals surface area contributed by atoms with Crippen LogP contribution in [-0.2, 0) is 19.6 Å². The maximum atomic E-state index is 6.16. The summed E-state index contributed by atoms with van der Waals surface area (Å²) < 4.78 is 13.0. The molecule has 0 radical (unpaired) electrons. The lowest BCUT2D eigenvalue weighted by Gasteiger charge is -2.18. The van der Waals surface area contributed by atoms with Crippen molar-refractivity contribution < 1.29 is 9.47 Å². The molecule has 3 rings (SSSR count). The van der Waals surface area contributed by atoms with Gasteiger partial charge in [0.1, 0.15) is 6.61 Å². The van der Waals surface area contributed by atoms with Crippen LogP contribution in [0.25, 0.3) is 0 Å². The topological polar surface area (TPSA) is 30.5 Å². The largest absolute Gasteiger partial charge is 0.490 e. The van der Waals surface area contributed by atoms with Crippen molar-refractivity contribution in [1.82, 2.24) is 5.32 Å². The quantitative estimate of drug-likeness (QED) is 0.324. The van der Waals surface area contributed by atoms with Crippen LogP contribution in [0, 0.1) is 6.92 Å². The third-order valence-corrected chi connectivity index (χ3v) is 5.95. The summed E-state index contributed by atoms with van der Waals surface area (Å²) in [7, 11) is 0. The predicted molar refractivity (Wildman–Crippen MR) is 132 cm³/mol. The number of ether oxygens (including phenoxy) is 2. The SMILES string of the molecule is CCOc1cc(CNC(C)CCc2ccccc2)cc(Br)c1OCc1ccccc1C. The fourth-order valence-electron chi connectivity index (χ4n) is 3.47. The standard InChI is InChI=1S/C27H32BrNO2/c1-4-30-26-17-23(18-29-21(3)14-15-22-11-6-5-7-12-22)16-25(28)27(26)31-19-24-13-9-8-10-20(24)2/h5-13,16-17,21,29H,4,14-15,18-19H2,1-3H3. The minimum atomic E-state index is 0.423. The Kier molecular flexibility index (Phi) is 8.98. The first-order valence-electron chi connectivity index (χ1n) is 11.0. The predicted octanol–water partition coefficient (Wildman–Crippen LogP) is 6.85. The zero-order valence-corrected chi connectivity index (χ0v) is 20.2. The molecule has 1 N–H and O–H groups in total. The van der Waals surface area contributed by atoms with Gasteiger partial charge in [-0.25, -0.2) is 0 Å². The van der Waals surface area contributed by atoms with Gasteiger partial charge >= 0.3 is 0 Å². The molecule has 0 spiro atoms. The number of hydrogen-bond donors (Lipinski definition) is 1. The van der Waals surface area contributed by atoms with Crippen molar-refractivity contribution in [3.63, 3.8) is 0 Å². The lowest BCUT2D eigenvalue weighted by Crippen LogP contribution is -2.26. The van der Waals surface area contributed by atoms with E-state index in [9.17, 15) is 0 Å². The van der Waals surface area contributed by atoms with Crippen molar-refractivity contribution in [2.24, 2.45) is 0 Å². The highest BCUT2D eigenvalue weighted by Crippen LogP contribution is 2.37. The second-order valence-electron chi connectivity index (χ2n) is 7.86. The van der Waals surface area contributed by atoms with E-state index in [-0.39, 0.29) is 0 Å². The summed E-state index contributed by atoms with van der Waals surface area (Å²) in [5, 5.41) is 3.63. The Bertz CT molecular complexity index is 959. The first-order valence-corrected chi connectivity index (χ1v) is 11.8. The van der Waals surface area contributed by atoms with Gasteiger partial charge in [-0.3, -0.25) is 0 Å².